The minimum absolute atomic E-state index is 0.0737. The lowest BCUT2D eigenvalue weighted by Gasteiger charge is -2.14. The van der Waals surface area contributed by atoms with E-state index in [-0.39, 0.29) is 35.7 Å². The minimum atomic E-state index is -4.30. The zero-order valence-corrected chi connectivity index (χ0v) is 18.6. The third kappa shape index (κ3) is 5.56. The topological polar surface area (TPSA) is 114 Å². The van der Waals surface area contributed by atoms with Crippen molar-refractivity contribution in [3.05, 3.63) is 76.7 Å². The van der Waals surface area contributed by atoms with E-state index in [2.05, 4.69) is 4.98 Å². The van der Waals surface area contributed by atoms with Crippen LogP contribution in [0.2, 0.25) is 5.02 Å². The van der Waals surface area contributed by atoms with E-state index >= 15 is 0 Å². The molecule has 0 atom stereocenters. The Morgan fingerprint density at radius 1 is 1.16 bits per heavy atom. The third-order valence-corrected chi connectivity index (χ3v) is 5.89. The van der Waals surface area contributed by atoms with E-state index in [1.165, 1.54) is 16.7 Å². The number of aromatic nitrogens is 2. The van der Waals surface area contributed by atoms with Crippen LogP contribution in [0.5, 0.6) is 5.75 Å². The summed E-state index contributed by atoms with van der Waals surface area (Å²) < 4.78 is 38.4. The summed E-state index contributed by atoms with van der Waals surface area (Å²) in [4.78, 5) is 15.6. The van der Waals surface area contributed by atoms with Crippen molar-refractivity contribution in [2.75, 3.05) is 0 Å². The first kappa shape index (κ1) is 22.6. The van der Waals surface area contributed by atoms with Gasteiger partial charge in [0, 0.05) is 11.1 Å². The van der Waals surface area contributed by atoms with E-state index in [4.69, 9.17) is 26.3 Å². The number of nitrogens with two attached hydrogens (primary N) is 1. The Kier molecular flexibility index (Phi) is 6.87. The van der Waals surface area contributed by atoms with Crippen LogP contribution in [0.25, 0.3) is 0 Å². The maximum absolute atomic E-state index is 13.3. The molecule has 0 aliphatic heterocycles. The second kappa shape index (κ2) is 9.40. The molecule has 0 radical (unpaired) electrons. The van der Waals surface area contributed by atoms with E-state index < -0.39 is 16.2 Å². The van der Waals surface area contributed by atoms with Gasteiger partial charge in [-0.05, 0) is 23.6 Å². The van der Waals surface area contributed by atoms with Crippen molar-refractivity contribution in [2.24, 2.45) is 5.73 Å². The van der Waals surface area contributed by atoms with Crippen LogP contribution >= 0.6 is 11.6 Å². The van der Waals surface area contributed by atoms with Crippen molar-refractivity contribution < 1.29 is 22.1 Å². The summed E-state index contributed by atoms with van der Waals surface area (Å²) in [6.07, 6.45) is -0.986. The zero-order chi connectivity index (χ0) is 22.6. The molecule has 0 spiro atoms. The first-order valence-corrected chi connectivity index (χ1v) is 11.2. The van der Waals surface area contributed by atoms with Crippen LogP contribution < -0.4 is 9.92 Å². The average molecular weight is 464 g/mol. The van der Waals surface area contributed by atoms with Gasteiger partial charge in [0.05, 0.1) is 12.2 Å². The van der Waals surface area contributed by atoms with Gasteiger partial charge in [0.15, 0.2) is 11.6 Å². The minimum Gasteiger partial charge on any atom is -0.442 e. The van der Waals surface area contributed by atoms with Crippen molar-refractivity contribution >= 4 is 27.8 Å². The van der Waals surface area contributed by atoms with Crippen molar-refractivity contribution in [1.29, 1.82) is 0 Å². The van der Waals surface area contributed by atoms with Crippen LogP contribution in [0.4, 0.5) is 4.79 Å². The van der Waals surface area contributed by atoms with Crippen molar-refractivity contribution in [1.82, 2.24) is 9.55 Å². The molecule has 2 N–H and O–H groups in total. The van der Waals surface area contributed by atoms with Crippen molar-refractivity contribution in [2.45, 2.75) is 37.9 Å². The van der Waals surface area contributed by atoms with Gasteiger partial charge >= 0.3 is 16.2 Å². The molecule has 1 aromatic heterocycles. The average Bonchev–Trinajstić information content (AvgIpc) is 3.06. The lowest BCUT2D eigenvalue weighted by molar-refractivity contribution is 0.145. The summed E-state index contributed by atoms with van der Waals surface area (Å²) in [6.45, 7) is 3.51. The molecule has 0 aliphatic rings. The van der Waals surface area contributed by atoms with E-state index in [1.807, 2.05) is 44.2 Å². The van der Waals surface area contributed by atoms with E-state index in [1.54, 1.807) is 12.1 Å². The highest BCUT2D eigenvalue weighted by Gasteiger charge is 2.32. The quantitative estimate of drug-likeness (QED) is 0.503. The van der Waals surface area contributed by atoms with Gasteiger partial charge in [-0.15, -0.1) is 0 Å². The fraction of sp³-hybridized carbons (Fsp3) is 0.238. The third-order valence-electron chi connectivity index (χ3n) is 4.34. The largest absolute Gasteiger partial charge is 0.442 e. The molecule has 0 fully saturated rings. The number of hydrogen-bond acceptors (Lipinski definition) is 6. The number of primary amides is 1. The molecule has 0 bridgehead atoms. The maximum atomic E-state index is 13.3. The summed E-state index contributed by atoms with van der Waals surface area (Å²) in [5.41, 5.74) is 6.22. The molecule has 1 amide bonds. The molecule has 0 saturated carbocycles. The second-order valence-electron chi connectivity index (χ2n) is 7.05. The van der Waals surface area contributed by atoms with Crippen LogP contribution in [0.1, 0.15) is 36.8 Å². The number of rotatable bonds is 8. The fourth-order valence-corrected chi connectivity index (χ4v) is 4.60. The molecule has 3 rings (SSSR count). The smallest absolute Gasteiger partial charge is 0.404 e. The molecular formula is C21H22ClN3O5S. The highest BCUT2D eigenvalue weighted by Crippen LogP contribution is 2.29. The highest BCUT2D eigenvalue weighted by atomic mass is 35.5. The highest BCUT2D eigenvalue weighted by molar-refractivity contribution is 7.87. The van der Waals surface area contributed by atoms with Crippen LogP contribution in [0.15, 0.2) is 59.6 Å². The summed E-state index contributed by atoms with van der Waals surface area (Å²) in [6, 6.07) is 15.3. The number of ether oxygens (including phenoxy) is 1. The van der Waals surface area contributed by atoms with Gasteiger partial charge < -0.3 is 19.2 Å². The van der Waals surface area contributed by atoms with E-state index in [9.17, 15) is 13.2 Å². The molecule has 3 aromatic rings. The Morgan fingerprint density at radius 2 is 1.87 bits per heavy atom. The van der Waals surface area contributed by atoms with Gasteiger partial charge in [-0.2, -0.15) is 8.42 Å². The molecule has 8 nitrogen and oxygen atoms in total. The lowest BCUT2D eigenvalue weighted by atomic mass is 10.1. The van der Waals surface area contributed by atoms with Gasteiger partial charge in [0.25, 0.3) is 0 Å². The molecule has 31 heavy (non-hydrogen) atoms. The molecule has 1 heterocycles. The van der Waals surface area contributed by atoms with Crippen molar-refractivity contribution in [3.63, 3.8) is 0 Å². The predicted molar refractivity (Wildman–Crippen MR) is 115 cm³/mol. The van der Waals surface area contributed by atoms with Gasteiger partial charge in [0.2, 0.25) is 0 Å². The Hall–Kier alpha value is -3.04. The molecule has 2 aromatic carbocycles. The summed E-state index contributed by atoms with van der Waals surface area (Å²) in [7, 11) is -4.30. The number of benzene rings is 2. The van der Waals surface area contributed by atoms with Gasteiger partial charge in [-0.25, -0.2) is 9.78 Å². The number of halogens is 1. The predicted octanol–water partition coefficient (Wildman–Crippen LogP) is 4.07. The van der Waals surface area contributed by atoms with Crippen LogP contribution in [-0.4, -0.2) is 24.1 Å². The monoisotopic (exact) mass is 463 g/mol. The maximum Gasteiger partial charge on any atom is 0.404 e. The number of carbonyl (C=O) groups excluding carboxylic acids is 1. The van der Waals surface area contributed by atoms with E-state index in [0.29, 0.717) is 10.7 Å². The lowest BCUT2D eigenvalue weighted by Crippen LogP contribution is -2.20. The summed E-state index contributed by atoms with van der Waals surface area (Å²) in [5, 5.41) is 0.222. The molecular weight excluding hydrogens is 442 g/mol. The Bertz CT molecular complexity index is 1180. The SMILES string of the molecule is CC(C)c1nc(COC(N)=O)n(Cc2ccccc2)c1S(=O)(=O)Oc1cccc(Cl)c1. The summed E-state index contributed by atoms with van der Waals surface area (Å²) >= 11 is 5.96. The standard InChI is InChI=1S/C21H22ClN3O5S/c1-14(2)19-20(31(27,28)30-17-10-6-9-16(22)11-17)25(12-15-7-4-3-5-8-15)18(24-19)13-29-21(23)26/h3-11,14H,12-13H2,1-2H3,(H2,23,26). The second-order valence-corrected chi connectivity index (χ2v) is 8.95. The fourth-order valence-electron chi connectivity index (χ4n) is 3.00. The van der Waals surface area contributed by atoms with Gasteiger partial charge in [-0.3, -0.25) is 0 Å². The Balaban J connectivity index is 2.14. The molecule has 10 heteroatoms. The molecule has 0 aliphatic carbocycles. The Labute approximate surface area is 185 Å². The van der Waals surface area contributed by atoms with Crippen LogP contribution in [-0.2, 0) is 28.0 Å². The van der Waals surface area contributed by atoms with Crippen LogP contribution in [0, 0.1) is 0 Å². The molecule has 0 saturated heterocycles. The van der Waals surface area contributed by atoms with Crippen molar-refractivity contribution in [3.8, 4) is 5.75 Å². The first-order chi connectivity index (χ1) is 14.7. The zero-order valence-electron chi connectivity index (χ0n) is 17.0. The molecule has 0 unspecified atom stereocenters. The number of amides is 1. The number of carbonyl (C=O) groups is 1. The van der Waals surface area contributed by atoms with Gasteiger partial charge in [0.1, 0.15) is 11.6 Å². The Morgan fingerprint density at radius 3 is 2.48 bits per heavy atom. The van der Waals surface area contributed by atoms with Crippen LogP contribution in [0.3, 0.4) is 0 Å². The number of hydrogen-bond donors (Lipinski definition) is 1. The summed E-state index contributed by atoms with van der Waals surface area (Å²) in [5.74, 6) is 0.0568. The van der Waals surface area contributed by atoms with E-state index in [0.717, 1.165) is 5.56 Å². The molecule has 164 valence electrons. The number of imidazole rings is 1. The first-order valence-electron chi connectivity index (χ1n) is 9.43. The normalized spacial score (nSPS) is 11.5. The number of nitrogens with zero attached hydrogens (tertiary/aromatic N) is 2. The van der Waals surface area contributed by atoms with Gasteiger partial charge in [-0.1, -0.05) is 61.8 Å².